The van der Waals surface area contributed by atoms with Crippen LogP contribution in [0.4, 0.5) is 0 Å². The molecule has 0 amide bonds. The zero-order valence-corrected chi connectivity index (χ0v) is 11.6. The largest absolute Gasteiger partial charge is 0.423 e. The Labute approximate surface area is 114 Å². The summed E-state index contributed by atoms with van der Waals surface area (Å²) in [6.45, 7) is 7.46. The molecule has 2 heteroatoms. The van der Waals surface area contributed by atoms with Crippen molar-refractivity contribution >= 4 is 5.97 Å². The fraction of sp³-hybridized carbons (Fsp3) is 0.353. The molecule has 0 radical (unpaired) electrons. The van der Waals surface area contributed by atoms with E-state index >= 15 is 0 Å². The molecular formula is C17H20O2. The first-order chi connectivity index (χ1) is 9.11. The second kappa shape index (κ2) is 5.87. The van der Waals surface area contributed by atoms with Gasteiger partial charge in [-0.05, 0) is 37.3 Å². The number of carbonyl (C=O) groups is 1. The van der Waals surface area contributed by atoms with Crippen LogP contribution in [0.5, 0.6) is 5.75 Å². The fourth-order valence-corrected chi connectivity index (χ4v) is 2.14. The molecule has 0 heterocycles. The first kappa shape index (κ1) is 13.6. The Morgan fingerprint density at radius 1 is 1.37 bits per heavy atom. The van der Waals surface area contributed by atoms with Crippen molar-refractivity contribution in [3.63, 3.8) is 0 Å². The zero-order valence-electron chi connectivity index (χ0n) is 11.6. The smallest absolute Gasteiger partial charge is 0.338 e. The molecule has 19 heavy (non-hydrogen) atoms. The predicted octanol–water partition coefficient (Wildman–Crippen LogP) is 4.07. The summed E-state index contributed by atoms with van der Waals surface area (Å²) >= 11 is 0. The third-order valence-corrected chi connectivity index (χ3v) is 3.30. The standard InChI is InChI=1S/C17H20O2/c1-4-7-13-10-15(13)11-14-8-5-6-9-16(14)19-17(18)12(2)3/h5-6,8-10,13H,2,4,7,11H2,1,3H3. The van der Waals surface area contributed by atoms with Gasteiger partial charge in [0.05, 0.1) is 0 Å². The van der Waals surface area contributed by atoms with Crippen molar-refractivity contribution in [2.45, 2.75) is 33.1 Å². The molecule has 1 aliphatic carbocycles. The van der Waals surface area contributed by atoms with Crippen LogP contribution in [-0.2, 0) is 11.2 Å². The van der Waals surface area contributed by atoms with Gasteiger partial charge in [0, 0.05) is 5.57 Å². The van der Waals surface area contributed by atoms with Crippen LogP contribution in [-0.4, -0.2) is 5.97 Å². The number of hydrogen-bond acceptors (Lipinski definition) is 2. The SMILES string of the molecule is C=C(C)C(=O)Oc1ccccc1CC1=CC1CCC. The third-order valence-electron chi connectivity index (χ3n) is 3.30. The van der Waals surface area contributed by atoms with Crippen LogP contribution >= 0.6 is 0 Å². The Kier molecular flexibility index (Phi) is 4.20. The Hall–Kier alpha value is -1.83. The maximum absolute atomic E-state index is 11.6. The van der Waals surface area contributed by atoms with Crippen molar-refractivity contribution < 1.29 is 9.53 Å². The molecule has 1 aliphatic rings. The van der Waals surface area contributed by atoms with Gasteiger partial charge in [-0.15, -0.1) is 0 Å². The summed E-state index contributed by atoms with van der Waals surface area (Å²) in [5.74, 6) is 0.954. The highest BCUT2D eigenvalue weighted by Crippen LogP contribution is 2.37. The third kappa shape index (κ3) is 3.57. The maximum Gasteiger partial charge on any atom is 0.338 e. The van der Waals surface area contributed by atoms with Gasteiger partial charge in [-0.3, -0.25) is 0 Å². The first-order valence-corrected chi connectivity index (χ1v) is 6.78. The highest BCUT2D eigenvalue weighted by Gasteiger charge is 2.24. The van der Waals surface area contributed by atoms with E-state index in [1.54, 1.807) is 6.92 Å². The number of allylic oxidation sites excluding steroid dienone is 2. The molecule has 1 unspecified atom stereocenters. The van der Waals surface area contributed by atoms with E-state index in [1.807, 2.05) is 24.3 Å². The number of rotatable bonds is 6. The first-order valence-electron chi connectivity index (χ1n) is 6.78. The van der Waals surface area contributed by atoms with Gasteiger partial charge in [0.15, 0.2) is 0 Å². The maximum atomic E-state index is 11.6. The van der Waals surface area contributed by atoms with Crippen LogP contribution in [0.25, 0.3) is 0 Å². The summed E-state index contributed by atoms with van der Waals surface area (Å²) in [5, 5.41) is 0. The van der Waals surface area contributed by atoms with Gasteiger partial charge in [0.25, 0.3) is 0 Å². The molecule has 0 aliphatic heterocycles. The number of carbonyl (C=O) groups excluding carboxylic acids is 1. The molecule has 1 aromatic rings. The van der Waals surface area contributed by atoms with Crippen molar-refractivity contribution in [2.24, 2.45) is 5.92 Å². The monoisotopic (exact) mass is 256 g/mol. The molecule has 0 bridgehead atoms. The lowest BCUT2D eigenvalue weighted by atomic mass is 10.1. The van der Waals surface area contributed by atoms with Crippen molar-refractivity contribution in [1.82, 2.24) is 0 Å². The second-order valence-corrected chi connectivity index (χ2v) is 5.09. The van der Waals surface area contributed by atoms with Gasteiger partial charge < -0.3 is 4.74 Å². The van der Waals surface area contributed by atoms with Gasteiger partial charge >= 0.3 is 5.97 Å². The van der Waals surface area contributed by atoms with Gasteiger partial charge in [0.2, 0.25) is 0 Å². The molecule has 1 atom stereocenters. The van der Waals surface area contributed by atoms with Gasteiger partial charge in [-0.25, -0.2) is 4.79 Å². The van der Waals surface area contributed by atoms with Crippen molar-refractivity contribution in [1.29, 1.82) is 0 Å². The van der Waals surface area contributed by atoms with Crippen LogP contribution in [0.1, 0.15) is 32.3 Å². The number of para-hydroxylation sites is 1. The van der Waals surface area contributed by atoms with E-state index in [9.17, 15) is 4.79 Å². The predicted molar refractivity (Wildman–Crippen MR) is 77.1 cm³/mol. The second-order valence-electron chi connectivity index (χ2n) is 5.09. The minimum Gasteiger partial charge on any atom is -0.423 e. The minimum atomic E-state index is -0.359. The van der Waals surface area contributed by atoms with Crippen LogP contribution in [0.15, 0.2) is 48.1 Å². The number of esters is 1. The van der Waals surface area contributed by atoms with Gasteiger partial charge in [0.1, 0.15) is 5.75 Å². The summed E-state index contributed by atoms with van der Waals surface area (Å²) in [7, 11) is 0. The van der Waals surface area contributed by atoms with E-state index in [4.69, 9.17) is 4.74 Å². The molecule has 1 aromatic carbocycles. The Balaban J connectivity index is 2.03. The van der Waals surface area contributed by atoms with E-state index in [2.05, 4.69) is 19.6 Å². The average Bonchev–Trinajstić information content (AvgIpc) is 3.10. The molecule has 0 saturated heterocycles. The highest BCUT2D eigenvalue weighted by molar-refractivity contribution is 5.88. The van der Waals surface area contributed by atoms with E-state index in [0.29, 0.717) is 17.2 Å². The van der Waals surface area contributed by atoms with Crippen LogP contribution in [0, 0.1) is 5.92 Å². The van der Waals surface area contributed by atoms with E-state index < -0.39 is 0 Å². The highest BCUT2D eigenvalue weighted by atomic mass is 16.5. The average molecular weight is 256 g/mol. The van der Waals surface area contributed by atoms with Crippen LogP contribution in [0.2, 0.25) is 0 Å². The van der Waals surface area contributed by atoms with Gasteiger partial charge in [-0.2, -0.15) is 0 Å². The van der Waals surface area contributed by atoms with Crippen molar-refractivity contribution in [2.75, 3.05) is 0 Å². The lowest BCUT2D eigenvalue weighted by molar-refractivity contribution is -0.130. The van der Waals surface area contributed by atoms with Crippen molar-refractivity contribution in [3.05, 3.63) is 53.6 Å². The van der Waals surface area contributed by atoms with E-state index in [-0.39, 0.29) is 5.97 Å². The van der Waals surface area contributed by atoms with Crippen LogP contribution < -0.4 is 4.74 Å². The van der Waals surface area contributed by atoms with E-state index in [0.717, 1.165) is 12.0 Å². The lowest BCUT2D eigenvalue weighted by Gasteiger charge is -2.09. The summed E-state index contributed by atoms with van der Waals surface area (Å²) in [4.78, 5) is 11.6. The summed E-state index contributed by atoms with van der Waals surface area (Å²) in [5.41, 5.74) is 2.95. The minimum absolute atomic E-state index is 0.359. The molecule has 0 saturated carbocycles. The number of ether oxygens (including phenoxy) is 1. The molecule has 100 valence electrons. The number of hydrogen-bond donors (Lipinski definition) is 0. The Morgan fingerprint density at radius 3 is 2.79 bits per heavy atom. The summed E-state index contributed by atoms with van der Waals surface area (Å²) in [6.07, 6.45) is 5.62. The molecule has 2 nitrogen and oxygen atoms in total. The lowest BCUT2D eigenvalue weighted by Crippen LogP contribution is -2.09. The Bertz CT molecular complexity index is 526. The topological polar surface area (TPSA) is 26.3 Å². The number of benzene rings is 1. The fourth-order valence-electron chi connectivity index (χ4n) is 2.14. The Morgan fingerprint density at radius 2 is 2.11 bits per heavy atom. The molecular weight excluding hydrogens is 236 g/mol. The zero-order chi connectivity index (χ0) is 13.8. The van der Waals surface area contributed by atoms with Crippen LogP contribution in [0.3, 0.4) is 0 Å². The van der Waals surface area contributed by atoms with E-state index in [1.165, 1.54) is 18.4 Å². The molecule has 0 spiro atoms. The molecule has 0 aromatic heterocycles. The van der Waals surface area contributed by atoms with Gasteiger partial charge in [-0.1, -0.05) is 49.8 Å². The van der Waals surface area contributed by atoms with Crippen molar-refractivity contribution in [3.8, 4) is 5.75 Å². The molecule has 0 fully saturated rings. The molecule has 2 rings (SSSR count). The quantitative estimate of drug-likeness (QED) is 0.332. The molecule has 0 N–H and O–H groups in total. The summed E-state index contributed by atoms with van der Waals surface area (Å²) in [6, 6.07) is 7.72. The summed E-state index contributed by atoms with van der Waals surface area (Å²) < 4.78 is 5.37. The normalized spacial score (nSPS) is 16.7.